The maximum atomic E-state index is 13.6. The molecule has 0 bridgehead atoms. The molecule has 2 unspecified atom stereocenters. The summed E-state index contributed by atoms with van der Waals surface area (Å²) in [6.07, 6.45) is 2.76. The number of likely N-dealkylation sites (tertiary alicyclic amines) is 1. The minimum Gasteiger partial charge on any atom is -0.319 e. The fourth-order valence-electron chi connectivity index (χ4n) is 4.72. The molecule has 1 N–H and O–H groups in total. The average Bonchev–Trinajstić information content (AvgIpc) is 3.27. The first-order valence-electron chi connectivity index (χ1n) is 13.3. The van der Waals surface area contributed by atoms with E-state index in [-0.39, 0.29) is 5.71 Å². The van der Waals surface area contributed by atoms with Gasteiger partial charge in [-0.3, -0.25) is 14.4 Å². The van der Waals surface area contributed by atoms with Crippen LogP contribution in [0.15, 0.2) is 124 Å². The summed E-state index contributed by atoms with van der Waals surface area (Å²) < 4.78 is 26.5. The Kier molecular flexibility index (Phi) is 8.96. The molecule has 0 spiro atoms. The molecule has 214 valence electrons. The van der Waals surface area contributed by atoms with Crippen molar-refractivity contribution in [1.29, 1.82) is 0 Å². The Hall–Kier alpha value is -5.64. The largest absolute Gasteiger partial charge is 0.319 e. The van der Waals surface area contributed by atoms with E-state index < -0.39 is 47.7 Å². The molecular formula is C33H25F2N5O3. The quantitative estimate of drug-likeness (QED) is 0.177. The van der Waals surface area contributed by atoms with Gasteiger partial charge in [-0.2, -0.15) is 15.3 Å². The van der Waals surface area contributed by atoms with E-state index in [2.05, 4.69) is 20.7 Å². The predicted octanol–water partition coefficient (Wildman–Crippen LogP) is 4.71. The van der Waals surface area contributed by atoms with Crippen molar-refractivity contribution in [1.82, 2.24) is 10.3 Å². The van der Waals surface area contributed by atoms with Crippen LogP contribution in [0, 0.1) is 17.6 Å². The van der Waals surface area contributed by atoms with Gasteiger partial charge in [0.05, 0.1) is 30.1 Å². The highest BCUT2D eigenvalue weighted by molar-refractivity contribution is 6.44. The zero-order valence-corrected chi connectivity index (χ0v) is 22.7. The van der Waals surface area contributed by atoms with E-state index in [0.717, 1.165) is 0 Å². The molecule has 2 atom stereocenters. The number of carbonyl (C=O) groups is 3. The Balaban J connectivity index is 1.47. The Labute approximate surface area is 246 Å². The van der Waals surface area contributed by atoms with Gasteiger partial charge < -0.3 is 4.90 Å². The molecule has 0 radical (unpaired) electrons. The number of nitrogens with one attached hydrogen (secondary N) is 1. The van der Waals surface area contributed by atoms with Gasteiger partial charge in [0.1, 0.15) is 18.2 Å². The number of hydrogen-bond acceptors (Lipinski definition) is 6. The van der Waals surface area contributed by atoms with Crippen LogP contribution in [0.5, 0.6) is 0 Å². The van der Waals surface area contributed by atoms with E-state index in [1.54, 1.807) is 54.6 Å². The fraction of sp³-hybridized carbons (Fsp3) is 0.0909. The molecule has 1 saturated heterocycles. The molecule has 1 fully saturated rings. The van der Waals surface area contributed by atoms with Crippen LogP contribution < -0.4 is 5.43 Å². The summed E-state index contributed by atoms with van der Waals surface area (Å²) in [5, 5.41) is 12.5. The van der Waals surface area contributed by atoms with E-state index in [1.165, 1.54) is 65.9 Å². The molecule has 0 saturated carbocycles. The van der Waals surface area contributed by atoms with Gasteiger partial charge in [-0.05, 0) is 46.5 Å². The summed E-state index contributed by atoms with van der Waals surface area (Å²) >= 11 is 0. The van der Waals surface area contributed by atoms with Crippen molar-refractivity contribution in [3.8, 4) is 0 Å². The number of benzene rings is 4. The second-order valence-corrected chi connectivity index (χ2v) is 9.62. The Bertz CT molecular complexity index is 1690. The van der Waals surface area contributed by atoms with Crippen LogP contribution in [0.4, 0.5) is 8.78 Å². The smallest absolute Gasteiger partial charge is 0.291 e. The summed E-state index contributed by atoms with van der Waals surface area (Å²) in [6.45, 7) is -0.456. The number of Topliss-reactive ketones (excluding diaryl/α,β-unsaturated/α-hetero) is 1. The SMILES string of the molecule is O=C(CN1C(=O)C(=O)C(/C(=N/N=C/c2ccc(F)cc2)c2ccccc2)C1c1ccccc1)N/N=C/c1ccc(F)cc1. The lowest BCUT2D eigenvalue weighted by Gasteiger charge is -2.27. The highest BCUT2D eigenvalue weighted by atomic mass is 19.1. The highest BCUT2D eigenvalue weighted by Gasteiger charge is 2.51. The van der Waals surface area contributed by atoms with Gasteiger partial charge in [0.25, 0.3) is 11.8 Å². The van der Waals surface area contributed by atoms with Gasteiger partial charge in [-0.1, -0.05) is 84.9 Å². The van der Waals surface area contributed by atoms with Gasteiger partial charge in [-0.15, -0.1) is 0 Å². The molecular weight excluding hydrogens is 552 g/mol. The van der Waals surface area contributed by atoms with Crippen molar-refractivity contribution >= 4 is 35.7 Å². The highest BCUT2D eigenvalue weighted by Crippen LogP contribution is 2.38. The van der Waals surface area contributed by atoms with Crippen LogP contribution >= 0.6 is 0 Å². The van der Waals surface area contributed by atoms with Gasteiger partial charge in [0.15, 0.2) is 0 Å². The number of amides is 2. The first kappa shape index (κ1) is 28.9. The van der Waals surface area contributed by atoms with Crippen molar-refractivity contribution in [2.24, 2.45) is 21.2 Å². The minimum absolute atomic E-state index is 0.239. The normalized spacial score (nSPS) is 17.3. The molecule has 0 aliphatic carbocycles. The summed E-state index contributed by atoms with van der Waals surface area (Å²) in [6, 6.07) is 28.1. The van der Waals surface area contributed by atoms with Crippen LogP contribution in [0.1, 0.15) is 28.3 Å². The molecule has 0 aromatic heterocycles. The van der Waals surface area contributed by atoms with Gasteiger partial charge >= 0.3 is 0 Å². The lowest BCUT2D eigenvalue weighted by Crippen LogP contribution is -2.39. The van der Waals surface area contributed by atoms with Gasteiger partial charge in [-0.25, -0.2) is 14.2 Å². The minimum atomic E-state index is -1.09. The van der Waals surface area contributed by atoms with E-state index in [4.69, 9.17) is 0 Å². The van der Waals surface area contributed by atoms with Crippen LogP contribution in [0.3, 0.4) is 0 Å². The van der Waals surface area contributed by atoms with E-state index in [1.807, 2.05) is 6.07 Å². The van der Waals surface area contributed by atoms with E-state index in [9.17, 15) is 23.2 Å². The number of hydrazone groups is 1. The molecule has 2 amide bonds. The first-order chi connectivity index (χ1) is 20.9. The Morgan fingerprint density at radius 1 is 0.767 bits per heavy atom. The van der Waals surface area contributed by atoms with E-state index in [0.29, 0.717) is 22.3 Å². The topological polar surface area (TPSA) is 104 Å². The third-order valence-electron chi connectivity index (χ3n) is 6.74. The molecule has 8 nitrogen and oxygen atoms in total. The van der Waals surface area contributed by atoms with E-state index >= 15 is 0 Å². The van der Waals surface area contributed by atoms with Gasteiger partial charge in [0.2, 0.25) is 5.78 Å². The molecule has 1 heterocycles. The van der Waals surface area contributed by atoms with Crippen LogP contribution in [0.2, 0.25) is 0 Å². The second-order valence-electron chi connectivity index (χ2n) is 9.62. The van der Waals surface area contributed by atoms with Crippen molar-refractivity contribution in [3.63, 3.8) is 0 Å². The number of halogens is 2. The number of nitrogens with zero attached hydrogens (tertiary/aromatic N) is 4. The number of rotatable bonds is 9. The molecule has 1 aliphatic rings. The Morgan fingerprint density at radius 2 is 1.33 bits per heavy atom. The summed E-state index contributed by atoms with van der Waals surface area (Å²) in [7, 11) is 0. The zero-order valence-electron chi connectivity index (χ0n) is 22.7. The fourth-order valence-corrected chi connectivity index (χ4v) is 4.72. The summed E-state index contributed by atoms with van der Waals surface area (Å²) in [5.74, 6) is -4.10. The van der Waals surface area contributed by atoms with Crippen molar-refractivity contribution in [2.45, 2.75) is 6.04 Å². The first-order valence-corrected chi connectivity index (χ1v) is 13.3. The monoisotopic (exact) mass is 577 g/mol. The van der Waals surface area contributed by atoms with Crippen molar-refractivity contribution in [2.75, 3.05) is 6.54 Å². The number of hydrogen-bond donors (Lipinski definition) is 1. The molecule has 4 aromatic rings. The van der Waals surface area contributed by atoms with Crippen molar-refractivity contribution < 1.29 is 23.2 Å². The predicted molar refractivity (Wildman–Crippen MR) is 159 cm³/mol. The molecule has 10 heteroatoms. The number of carbonyl (C=O) groups excluding carboxylic acids is 3. The molecule has 1 aliphatic heterocycles. The van der Waals surface area contributed by atoms with Crippen molar-refractivity contribution in [3.05, 3.63) is 143 Å². The number of ketones is 1. The van der Waals surface area contributed by atoms with Crippen LogP contribution in [-0.4, -0.2) is 47.2 Å². The standard InChI is InChI=1S/C33H25F2N5O3/c34-26-15-11-22(12-16-26)19-36-38-28(41)21-40-31(25-9-5-2-6-10-25)29(32(42)33(40)43)30(24-7-3-1-4-8-24)39-37-20-23-13-17-27(35)18-14-23/h1-20,29,31H,21H2,(H,38,41)/b36-19+,37-20+,39-30+. The van der Waals surface area contributed by atoms with Crippen LogP contribution in [-0.2, 0) is 14.4 Å². The van der Waals surface area contributed by atoms with Crippen LogP contribution in [0.25, 0.3) is 0 Å². The lowest BCUT2D eigenvalue weighted by molar-refractivity contribution is -0.142. The zero-order chi connectivity index (χ0) is 30.2. The second kappa shape index (κ2) is 13.3. The van der Waals surface area contributed by atoms with Gasteiger partial charge in [0, 0.05) is 0 Å². The third-order valence-corrected chi connectivity index (χ3v) is 6.74. The Morgan fingerprint density at radius 3 is 1.93 bits per heavy atom. The lowest BCUT2D eigenvalue weighted by atomic mass is 9.85. The molecule has 5 rings (SSSR count). The molecule has 43 heavy (non-hydrogen) atoms. The maximum absolute atomic E-state index is 13.6. The maximum Gasteiger partial charge on any atom is 0.291 e. The average molecular weight is 578 g/mol. The summed E-state index contributed by atoms with van der Waals surface area (Å²) in [5.41, 5.74) is 4.94. The summed E-state index contributed by atoms with van der Waals surface area (Å²) in [4.78, 5) is 41.2. The third kappa shape index (κ3) is 6.99. The molecule has 4 aromatic carbocycles.